The maximum absolute atomic E-state index is 5.96. The van der Waals surface area contributed by atoms with E-state index < -0.39 is 8.32 Å². The summed E-state index contributed by atoms with van der Waals surface area (Å²) in [5, 5.41) is 0.894. The Morgan fingerprint density at radius 2 is 1.83 bits per heavy atom. The topological polar surface area (TPSA) is 9.23 Å². The molecule has 0 fully saturated rings. The van der Waals surface area contributed by atoms with Gasteiger partial charge in [0.25, 0.3) is 0 Å². The second-order valence-electron chi connectivity index (χ2n) is 4.37. The van der Waals surface area contributed by atoms with Crippen molar-refractivity contribution in [2.75, 3.05) is 5.33 Å². The molecule has 0 saturated heterocycles. The Bertz CT molecular complexity index is 158. The molecule has 0 aromatic heterocycles. The molecule has 3 heteroatoms. The van der Waals surface area contributed by atoms with Crippen LogP contribution in [0.15, 0.2) is 12.2 Å². The average Bonchev–Trinajstić information content (AvgIpc) is 1.78. The molecule has 0 saturated carbocycles. The van der Waals surface area contributed by atoms with E-state index >= 15 is 0 Å². The Balaban J connectivity index is 4.13. The van der Waals surface area contributed by atoms with Crippen LogP contribution in [0.25, 0.3) is 0 Å². The maximum atomic E-state index is 5.96. The summed E-state index contributed by atoms with van der Waals surface area (Å²) in [6, 6.07) is 0. The van der Waals surface area contributed by atoms with Crippen molar-refractivity contribution in [1.29, 1.82) is 0 Å². The van der Waals surface area contributed by atoms with E-state index in [1.54, 1.807) is 0 Å². The van der Waals surface area contributed by atoms with Gasteiger partial charge in [0, 0.05) is 5.33 Å². The molecule has 0 bridgehead atoms. The lowest BCUT2D eigenvalue weighted by Gasteiger charge is -2.30. The molecule has 0 aromatic carbocycles. The summed E-state index contributed by atoms with van der Waals surface area (Å²) in [4.78, 5) is 0. The summed E-state index contributed by atoms with van der Waals surface area (Å²) in [7, 11) is -1.41. The highest BCUT2D eigenvalue weighted by molar-refractivity contribution is 9.09. The lowest BCUT2D eigenvalue weighted by Crippen LogP contribution is -2.36. The number of hydrogen-bond donors (Lipinski definition) is 0. The van der Waals surface area contributed by atoms with Crippen LogP contribution in [0.5, 0.6) is 0 Å². The van der Waals surface area contributed by atoms with Crippen LogP contribution in [0.1, 0.15) is 13.8 Å². The molecule has 0 N–H and O–H groups in total. The van der Waals surface area contributed by atoms with Crippen LogP contribution in [0, 0.1) is 0 Å². The quantitative estimate of drug-likeness (QED) is 0.421. The maximum Gasteiger partial charge on any atom is 0.184 e. The zero-order valence-corrected chi connectivity index (χ0v) is 11.2. The summed E-state index contributed by atoms with van der Waals surface area (Å²) >= 11 is 3.35. The van der Waals surface area contributed by atoms with E-state index in [-0.39, 0.29) is 5.60 Å². The lowest BCUT2D eigenvalue weighted by molar-refractivity contribution is 0.154. The normalized spacial score (nSPS) is 14.2. The first kappa shape index (κ1) is 12.4. The fraction of sp³-hybridized carbons (Fsp3) is 0.778. The molecule has 0 aliphatic heterocycles. The van der Waals surface area contributed by atoms with Gasteiger partial charge in [0.1, 0.15) is 0 Å². The van der Waals surface area contributed by atoms with Crippen molar-refractivity contribution in [3.05, 3.63) is 12.2 Å². The molecule has 72 valence electrons. The van der Waals surface area contributed by atoms with Gasteiger partial charge in [-0.3, -0.25) is 0 Å². The number of alkyl halides is 1. The molecule has 1 nitrogen and oxygen atoms in total. The van der Waals surface area contributed by atoms with Crippen LogP contribution < -0.4 is 0 Å². The first-order valence-corrected chi connectivity index (χ1v) is 8.74. The van der Waals surface area contributed by atoms with Gasteiger partial charge in [-0.1, -0.05) is 28.1 Å². The molecule has 0 spiro atoms. The van der Waals surface area contributed by atoms with Gasteiger partial charge in [0.05, 0.1) is 5.60 Å². The minimum Gasteiger partial charge on any atom is -0.409 e. The molecule has 0 radical (unpaired) electrons. The SMILES string of the molecule is CC(C)(C=CCBr)O[Si](C)(C)C. The average molecular weight is 251 g/mol. The number of hydrogen-bond acceptors (Lipinski definition) is 1. The Labute approximate surface area is 85.5 Å². The Morgan fingerprint density at radius 1 is 1.33 bits per heavy atom. The summed E-state index contributed by atoms with van der Waals surface area (Å²) in [5.74, 6) is 0. The van der Waals surface area contributed by atoms with E-state index in [4.69, 9.17) is 4.43 Å². The third-order valence-electron chi connectivity index (χ3n) is 1.18. The standard InChI is InChI=1S/C9H19BrOSi/c1-9(2,7-6-8-10)11-12(3,4)5/h6-7H,8H2,1-5H3. The van der Waals surface area contributed by atoms with E-state index in [2.05, 4.69) is 61.6 Å². The number of halogens is 1. The van der Waals surface area contributed by atoms with Gasteiger partial charge in [0.15, 0.2) is 8.32 Å². The number of allylic oxidation sites excluding steroid dienone is 1. The van der Waals surface area contributed by atoms with Crippen LogP contribution in [0.4, 0.5) is 0 Å². The van der Waals surface area contributed by atoms with Gasteiger partial charge in [-0.2, -0.15) is 0 Å². The Hall–Kier alpha value is 0.397. The molecule has 0 heterocycles. The molecule has 12 heavy (non-hydrogen) atoms. The minimum atomic E-state index is -1.41. The molecule has 0 aliphatic carbocycles. The fourth-order valence-electron chi connectivity index (χ4n) is 1.15. The van der Waals surface area contributed by atoms with Crippen molar-refractivity contribution in [2.24, 2.45) is 0 Å². The third kappa shape index (κ3) is 7.07. The van der Waals surface area contributed by atoms with Crippen LogP contribution in [-0.4, -0.2) is 19.2 Å². The van der Waals surface area contributed by atoms with Crippen molar-refractivity contribution in [1.82, 2.24) is 0 Å². The van der Waals surface area contributed by atoms with Crippen LogP contribution >= 0.6 is 15.9 Å². The first-order chi connectivity index (χ1) is 5.27. The molecule has 0 aromatic rings. The van der Waals surface area contributed by atoms with Gasteiger partial charge in [0.2, 0.25) is 0 Å². The van der Waals surface area contributed by atoms with E-state index in [0.29, 0.717) is 0 Å². The van der Waals surface area contributed by atoms with E-state index in [1.807, 2.05) is 0 Å². The van der Waals surface area contributed by atoms with Crippen molar-refractivity contribution in [3.63, 3.8) is 0 Å². The van der Waals surface area contributed by atoms with Crippen molar-refractivity contribution < 1.29 is 4.43 Å². The van der Waals surface area contributed by atoms with E-state index in [1.165, 1.54) is 0 Å². The molecular weight excluding hydrogens is 232 g/mol. The van der Waals surface area contributed by atoms with Crippen LogP contribution in [0.3, 0.4) is 0 Å². The fourth-order valence-corrected chi connectivity index (χ4v) is 2.98. The first-order valence-electron chi connectivity index (χ1n) is 4.21. The summed E-state index contributed by atoms with van der Waals surface area (Å²) in [5.41, 5.74) is -0.113. The van der Waals surface area contributed by atoms with Gasteiger partial charge in [-0.15, -0.1) is 0 Å². The van der Waals surface area contributed by atoms with Gasteiger partial charge in [-0.05, 0) is 33.5 Å². The molecular formula is C9H19BrOSi. The van der Waals surface area contributed by atoms with Crippen molar-refractivity contribution in [2.45, 2.75) is 39.1 Å². The highest BCUT2D eigenvalue weighted by Crippen LogP contribution is 2.18. The van der Waals surface area contributed by atoms with Crippen molar-refractivity contribution >= 4 is 24.2 Å². The van der Waals surface area contributed by atoms with Crippen molar-refractivity contribution in [3.8, 4) is 0 Å². The molecule has 0 amide bonds. The monoisotopic (exact) mass is 250 g/mol. The largest absolute Gasteiger partial charge is 0.409 e. The molecule has 0 unspecified atom stereocenters. The second-order valence-corrected chi connectivity index (χ2v) is 9.45. The van der Waals surface area contributed by atoms with Crippen LogP contribution in [-0.2, 0) is 4.43 Å². The summed E-state index contributed by atoms with van der Waals surface area (Å²) < 4.78 is 5.96. The second kappa shape index (κ2) is 4.58. The zero-order chi connectivity index (χ0) is 9.83. The zero-order valence-electron chi connectivity index (χ0n) is 8.65. The lowest BCUT2D eigenvalue weighted by atomic mass is 10.1. The highest BCUT2D eigenvalue weighted by atomic mass is 79.9. The molecule has 0 aliphatic rings. The predicted octanol–water partition coefficient (Wildman–Crippen LogP) is 3.57. The Kier molecular flexibility index (Phi) is 4.73. The predicted molar refractivity (Wildman–Crippen MR) is 61.4 cm³/mol. The summed E-state index contributed by atoms with van der Waals surface area (Å²) in [6.45, 7) is 10.8. The van der Waals surface area contributed by atoms with E-state index in [9.17, 15) is 0 Å². The van der Waals surface area contributed by atoms with Gasteiger partial charge < -0.3 is 4.43 Å². The third-order valence-corrected chi connectivity index (χ3v) is 2.69. The minimum absolute atomic E-state index is 0.113. The van der Waals surface area contributed by atoms with Gasteiger partial charge in [-0.25, -0.2) is 0 Å². The van der Waals surface area contributed by atoms with E-state index in [0.717, 1.165) is 5.33 Å². The Morgan fingerprint density at radius 3 is 2.17 bits per heavy atom. The smallest absolute Gasteiger partial charge is 0.184 e. The molecule has 0 rings (SSSR count). The number of rotatable bonds is 4. The van der Waals surface area contributed by atoms with Crippen LogP contribution in [0.2, 0.25) is 19.6 Å². The highest BCUT2D eigenvalue weighted by Gasteiger charge is 2.24. The van der Waals surface area contributed by atoms with Gasteiger partial charge >= 0.3 is 0 Å². The molecule has 0 atom stereocenters. The summed E-state index contributed by atoms with van der Waals surface area (Å²) in [6.07, 6.45) is 4.19.